The predicted octanol–water partition coefficient (Wildman–Crippen LogP) is 2.00. The van der Waals surface area contributed by atoms with Crippen LogP contribution in [0.4, 0.5) is 0 Å². The summed E-state index contributed by atoms with van der Waals surface area (Å²) in [5.41, 5.74) is 2.33. The minimum Gasteiger partial charge on any atom is -0.497 e. The number of nitrogens with zero attached hydrogens (tertiary/aromatic N) is 2. The number of aromatic nitrogens is 2. The zero-order chi connectivity index (χ0) is 16.2. The molecule has 6 nitrogen and oxygen atoms in total. The summed E-state index contributed by atoms with van der Waals surface area (Å²) < 4.78 is 12.5. The maximum atomic E-state index is 12.1. The number of carbonyl (C=O) groups is 1. The van der Waals surface area contributed by atoms with Gasteiger partial charge in [-0.1, -0.05) is 0 Å². The fraction of sp³-hybridized carbons (Fsp3) is 0.412. The molecule has 1 aliphatic carbocycles. The smallest absolute Gasteiger partial charge is 0.258 e. The minimum atomic E-state index is -0.123. The third kappa shape index (κ3) is 3.47. The number of hydrogen-bond acceptors (Lipinski definition) is 4. The predicted molar refractivity (Wildman–Crippen MR) is 85.5 cm³/mol. The van der Waals surface area contributed by atoms with Crippen molar-refractivity contribution >= 4 is 5.91 Å². The van der Waals surface area contributed by atoms with Gasteiger partial charge < -0.3 is 14.8 Å². The molecule has 0 unspecified atom stereocenters. The summed E-state index contributed by atoms with van der Waals surface area (Å²) in [4.78, 5) is 12.1. The third-order valence-corrected chi connectivity index (χ3v) is 4.14. The van der Waals surface area contributed by atoms with Crippen LogP contribution in [0.15, 0.2) is 30.5 Å². The molecule has 1 aromatic carbocycles. The molecule has 0 bridgehead atoms. The zero-order valence-electron chi connectivity index (χ0n) is 13.4. The van der Waals surface area contributed by atoms with Gasteiger partial charge in [0.25, 0.3) is 5.91 Å². The number of nitrogens with one attached hydrogen (secondary N) is 1. The second kappa shape index (κ2) is 6.73. The quantitative estimate of drug-likeness (QED) is 0.916. The van der Waals surface area contributed by atoms with Crippen LogP contribution >= 0.6 is 0 Å². The second-order valence-electron chi connectivity index (χ2n) is 5.65. The summed E-state index contributed by atoms with van der Waals surface area (Å²) in [6, 6.07) is 7.20. The van der Waals surface area contributed by atoms with Crippen LogP contribution < -0.4 is 14.8 Å². The van der Waals surface area contributed by atoms with Gasteiger partial charge in [0, 0.05) is 18.3 Å². The van der Waals surface area contributed by atoms with Crippen LogP contribution in [0.5, 0.6) is 11.5 Å². The van der Waals surface area contributed by atoms with Crippen molar-refractivity contribution in [2.75, 3.05) is 13.7 Å². The van der Waals surface area contributed by atoms with Crippen LogP contribution in [0.3, 0.4) is 0 Å². The van der Waals surface area contributed by atoms with E-state index in [2.05, 4.69) is 10.4 Å². The Bertz CT molecular complexity index is 679. The average molecular weight is 315 g/mol. The lowest BCUT2D eigenvalue weighted by Crippen LogP contribution is -2.34. The molecule has 0 spiro atoms. The fourth-order valence-corrected chi connectivity index (χ4v) is 2.91. The van der Waals surface area contributed by atoms with Crippen molar-refractivity contribution in [3.63, 3.8) is 0 Å². The van der Waals surface area contributed by atoms with Crippen molar-refractivity contribution in [3.05, 3.63) is 41.7 Å². The van der Waals surface area contributed by atoms with E-state index in [1.807, 2.05) is 17.9 Å². The van der Waals surface area contributed by atoms with Crippen molar-refractivity contribution in [1.82, 2.24) is 15.1 Å². The number of fused-ring (bicyclic) bond motifs is 1. The summed E-state index contributed by atoms with van der Waals surface area (Å²) in [7, 11) is 3.55. The molecule has 0 radical (unpaired) electrons. The molecule has 23 heavy (non-hydrogen) atoms. The van der Waals surface area contributed by atoms with Gasteiger partial charge in [0.05, 0.1) is 19.3 Å². The van der Waals surface area contributed by atoms with Crippen LogP contribution in [-0.4, -0.2) is 29.4 Å². The molecule has 0 saturated carbocycles. The number of methoxy groups -OCH3 is 1. The highest BCUT2D eigenvalue weighted by Crippen LogP contribution is 2.29. The number of aryl methyl sites for hydroxylation is 1. The van der Waals surface area contributed by atoms with Crippen molar-refractivity contribution in [1.29, 1.82) is 0 Å². The van der Waals surface area contributed by atoms with Gasteiger partial charge in [0.15, 0.2) is 6.61 Å². The lowest BCUT2D eigenvalue weighted by Gasteiger charge is -2.23. The molecule has 1 amide bonds. The summed E-state index contributed by atoms with van der Waals surface area (Å²) in [5.74, 6) is 1.28. The highest BCUT2D eigenvalue weighted by Gasteiger charge is 2.24. The van der Waals surface area contributed by atoms with E-state index < -0.39 is 0 Å². The van der Waals surface area contributed by atoms with Gasteiger partial charge in [0.1, 0.15) is 11.5 Å². The van der Waals surface area contributed by atoms with Crippen molar-refractivity contribution in [2.24, 2.45) is 7.05 Å². The summed E-state index contributed by atoms with van der Waals surface area (Å²) >= 11 is 0. The molecule has 3 rings (SSSR count). The number of carbonyl (C=O) groups excluding carboxylic acids is 1. The molecule has 122 valence electrons. The van der Waals surface area contributed by atoms with E-state index in [0.29, 0.717) is 5.75 Å². The second-order valence-corrected chi connectivity index (χ2v) is 5.65. The molecular formula is C17H21N3O3. The molecular weight excluding hydrogens is 294 g/mol. The number of hydrogen-bond donors (Lipinski definition) is 1. The van der Waals surface area contributed by atoms with Gasteiger partial charge in [-0.3, -0.25) is 9.48 Å². The molecule has 1 aromatic heterocycles. The Kier molecular flexibility index (Phi) is 4.50. The number of rotatable bonds is 5. The Morgan fingerprint density at radius 1 is 1.35 bits per heavy atom. The molecule has 0 saturated heterocycles. The maximum absolute atomic E-state index is 12.1. The first-order valence-electron chi connectivity index (χ1n) is 7.74. The van der Waals surface area contributed by atoms with Gasteiger partial charge >= 0.3 is 0 Å². The van der Waals surface area contributed by atoms with Crippen molar-refractivity contribution < 1.29 is 14.3 Å². The van der Waals surface area contributed by atoms with E-state index in [-0.39, 0.29) is 18.6 Å². The van der Waals surface area contributed by atoms with Gasteiger partial charge in [-0.2, -0.15) is 5.10 Å². The summed E-state index contributed by atoms with van der Waals surface area (Å²) in [5, 5.41) is 7.33. The molecule has 6 heteroatoms. The van der Waals surface area contributed by atoms with E-state index in [4.69, 9.17) is 9.47 Å². The van der Waals surface area contributed by atoms with Crippen LogP contribution in [0.2, 0.25) is 0 Å². The highest BCUT2D eigenvalue weighted by molar-refractivity contribution is 5.78. The summed E-state index contributed by atoms with van der Waals surface area (Å²) in [6.45, 7) is -0.00156. The number of ether oxygens (including phenoxy) is 2. The van der Waals surface area contributed by atoms with E-state index >= 15 is 0 Å². The Balaban J connectivity index is 1.55. The Labute approximate surface area is 135 Å². The molecule has 0 fully saturated rings. The maximum Gasteiger partial charge on any atom is 0.258 e. The standard InChI is InChI=1S/C17H21N3O3/c1-20-16-5-3-4-15(14(16)10-18-20)19-17(21)11-23-13-8-6-12(22-2)7-9-13/h6-10,15H,3-5,11H2,1-2H3,(H,19,21)/t15-/m1/s1. The summed E-state index contributed by atoms with van der Waals surface area (Å²) in [6.07, 6.45) is 4.86. The average Bonchev–Trinajstić information content (AvgIpc) is 2.96. The third-order valence-electron chi connectivity index (χ3n) is 4.14. The molecule has 1 aliphatic rings. The highest BCUT2D eigenvalue weighted by atomic mass is 16.5. The molecule has 1 N–H and O–H groups in total. The van der Waals surface area contributed by atoms with Gasteiger partial charge in [0.2, 0.25) is 0 Å². The first kappa shape index (κ1) is 15.4. The van der Waals surface area contributed by atoms with E-state index in [0.717, 1.165) is 30.6 Å². The van der Waals surface area contributed by atoms with Gasteiger partial charge in [-0.05, 0) is 43.5 Å². The lowest BCUT2D eigenvalue weighted by atomic mass is 9.93. The van der Waals surface area contributed by atoms with Crippen LogP contribution in [0, 0.1) is 0 Å². The van der Waals surface area contributed by atoms with Gasteiger partial charge in [-0.25, -0.2) is 0 Å². The van der Waals surface area contributed by atoms with Crippen LogP contribution in [0.1, 0.15) is 30.1 Å². The lowest BCUT2D eigenvalue weighted by molar-refractivity contribution is -0.123. The van der Waals surface area contributed by atoms with Gasteiger partial charge in [-0.15, -0.1) is 0 Å². The topological polar surface area (TPSA) is 65.4 Å². The van der Waals surface area contributed by atoms with E-state index in [1.165, 1.54) is 5.69 Å². The zero-order valence-corrected chi connectivity index (χ0v) is 13.4. The minimum absolute atomic E-state index is 0.00156. The van der Waals surface area contributed by atoms with E-state index in [1.54, 1.807) is 31.4 Å². The Morgan fingerprint density at radius 2 is 2.09 bits per heavy atom. The Morgan fingerprint density at radius 3 is 2.83 bits per heavy atom. The van der Waals surface area contributed by atoms with E-state index in [9.17, 15) is 4.79 Å². The fourth-order valence-electron chi connectivity index (χ4n) is 2.91. The monoisotopic (exact) mass is 315 g/mol. The largest absolute Gasteiger partial charge is 0.497 e. The molecule has 0 aliphatic heterocycles. The first-order valence-corrected chi connectivity index (χ1v) is 7.74. The molecule has 1 heterocycles. The number of benzene rings is 1. The molecule has 1 atom stereocenters. The number of amides is 1. The SMILES string of the molecule is COc1ccc(OCC(=O)N[C@@H]2CCCc3c2cnn3C)cc1. The van der Waals surface area contributed by atoms with Crippen LogP contribution in [-0.2, 0) is 18.3 Å². The first-order chi connectivity index (χ1) is 11.2. The van der Waals surface area contributed by atoms with Crippen molar-refractivity contribution in [3.8, 4) is 11.5 Å². The molecule has 2 aromatic rings. The van der Waals surface area contributed by atoms with Crippen LogP contribution in [0.25, 0.3) is 0 Å². The Hall–Kier alpha value is -2.50. The van der Waals surface area contributed by atoms with Crippen molar-refractivity contribution in [2.45, 2.75) is 25.3 Å². The normalized spacial score (nSPS) is 16.5.